The largest absolute Gasteiger partial charge is 0.496 e. The molecule has 0 aliphatic heterocycles. The van der Waals surface area contributed by atoms with Gasteiger partial charge in [-0.25, -0.2) is 0 Å². The van der Waals surface area contributed by atoms with Crippen molar-refractivity contribution in [2.75, 3.05) is 7.11 Å². The summed E-state index contributed by atoms with van der Waals surface area (Å²) in [7, 11) is 1.68. The molecule has 2 rings (SSSR count). The lowest BCUT2D eigenvalue weighted by atomic mass is 10.1. The lowest BCUT2D eigenvalue weighted by Crippen LogP contribution is -2.16. The van der Waals surface area contributed by atoms with E-state index in [-0.39, 0.29) is 0 Å². The third kappa shape index (κ3) is 3.56. The average Bonchev–Trinajstić information content (AvgIpc) is 2.47. The Labute approximate surface area is 119 Å². The number of hydrogen-bond acceptors (Lipinski definition) is 4. The maximum absolute atomic E-state index is 5.45. The van der Waals surface area contributed by atoms with E-state index in [2.05, 4.69) is 10.5 Å². The third-order valence-corrected chi connectivity index (χ3v) is 3.17. The molecule has 20 heavy (non-hydrogen) atoms. The van der Waals surface area contributed by atoms with Gasteiger partial charge in [-0.1, -0.05) is 30.3 Å². The molecule has 0 unspecified atom stereocenters. The molecule has 106 valence electrons. The molecule has 4 nitrogen and oxygen atoms in total. The molecule has 1 N–H and O–H groups in total. The summed E-state index contributed by atoms with van der Waals surface area (Å²) < 4.78 is 5.38. The molecule has 0 aliphatic rings. The Morgan fingerprint density at radius 1 is 1.15 bits per heavy atom. The van der Waals surface area contributed by atoms with E-state index in [1.54, 1.807) is 7.11 Å². The molecular weight excluding hydrogens is 252 g/mol. The van der Waals surface area contributed by atoms with Gasteiger partial charge in [-0.15, -0.1) is 0 Å². The Balaban J connectivity index is 1.88. The summed E-state index contributed by atoms with van der Waals surface area (Å²) in [4.78, 5) is 9.86. The van der Waals surface area contributed by atoms with Crippen LogP contribution in [0.2, 0.25) is 0 Å². The van der Waals surface area contributed by atoms with Gasteiger partial charge in [-0.2, -0.15) is 5.48 Å². The molecule has 0 saturated carbocycles. The summed E-state index contributed by atoms with van der Waals surface area (Å²) in [5.41, 5.74) is 7.09. The molecule has 0 saturated heterocycles. The second-order valence-electron chi connectivity index (χ2n) is 4.64. The van der Waals surface area contributed by atoms with Crippen molar-refractivity contribution in [2.24, 2.45) is 0 Å². The van der Waals surface area contributed by atoms with E-state index in [0.29, 0.717) is 13.2 Å². The number of rotatable bonds is 6. The molecule has 0 radical (unpaired) electrons. The van der Waals surface area contributed by atoms with Crippen LogP contribution in [0.4, 0.5) is 0 Å². The Kier molecular flexibility index (Phi) is 5.09. The Bertz CT molecular complexity index is 556. The fraction of sp³-hybridized carbons (Fsp3) is 0.312. The SMILES string of the molecule is COc1c(C)cnc(CNOCc2ccccc2)c1C. The summed E-state index contributed by atoms with van der Waals surface area (Å²) in [6.45, 7) is 5.08. The highest BCUT2D eigenvalue weighted by Crippen LogP contribution is 2.23. The number of nitrogens with one attached hydrogen (secondary N) is 1. The van der Waals surface area contributed by atoms with Gasteiger partial charge < -0.3 is 4.74 Å². The number of pyridine rings is 1. The molecule has 0 atom stereocenters. The smallest absolute Gasteiger partial charge is 0.128 e. The van der Waals surface area contributed by atoms with Crippen LogP contribution in [0.5, 0.6) is 5.75 Å². The molecule has 2 aromatic rings. The van der Waals surface area contributed by atoms with Gasteiger partial charge in [0.1, 0.15) is 5.75 Å². The van der Waals surface area contributed by atoms with Crippen LogP contribution in [0, 0.1) is 13.8 Å². The van der Waals surface area contributed by atoms with Crippen molar-refractivity contribution in [2.45, 2.75) is 27.0 Å². The molecule has 0 bridgehead atoms. The van der Waals surface area contributed by atoms with Crippen LogP contribution in [0.15, 0.2) is 36.5 Å². The lowest BCUT2D eigenvalue weighted by Gasteiger charge is -2.12. The third-order valence-electron chi connectivity index (χ3n) is 3.17. The van der Waals surface area contributed by atoms with Crippen LogP contribution in [0.3, 0.4) is 0 Å². The highest BCUT2D eigenvalue weighted by molar-refractivity contribution is 5.40. The second kappa shape index (κ2) is 7.03. The Morgan fingerprint density at radius 2 is 1.90 bits per heavy atom. The summed E-state index contributed by atoms with van der Waals surface area (Å²) in [6, 6.07) is 10.0. The quantitative estimate of drug-likeness (QED) is 0.648. The summed E-state index contributed by atoms with van der Waals surface area (Å²) in [6.07, 6.45) is 1.82. The molecule has 0 amide bonds. The first-order valence-electron chi connectivity index (χ1n) is 6.60. The number of hydrogen-bond donors (Lipinski definition) is 1. The average molecular weight is 272 g/mol. The summed E-state index contributed by atoms with van der Waals surface area (Å²) in [5.74, 6) is 0.889. The van der Waals surface area contributed by atoms with Crippen LogP contribution >= 0.6 is 0 Å². The first-order valence-corrected chi connectivity index (χ1v) is 6.60. The first kappa shape index (κ1) is 14.5. The van der Waals surface area contributed by atoms with E-state index in [9.17, 15) is 0 Å². The molecule has 0 aliphatic carbocycles. The van der Waals surface area contributed by atoms with Crippen LogP contribution in [0.25, 0.3) is 0 Å². The van der Waals surface area contributed by atoms with E-state index in [1.807, 2.05) is 50.4 Å². The van der Waals surface area contributed by atoms with Gasteiger partial charge >= 0.3 is 0 Å². The molecule has 1 aromatic heterocycles. The van der Waals surface area contributed by atoms with Crippen molar-refractivity contribution in [3.8, 4) is 5.75 Å². The van der Waals surface area contributed by atoms with Crippen molar-refractivity contribution in [3.63, 3.8) is 0 Å². The Morgan fingerprint density at radius 3 is 2.60 bits per heavy atom. The zero-order valence-corrected chi connectivity index (χ0v) is 12.1. The number of aryl methyl sites for hydroxylation is 1. The monoisotopic (exact) mass is 272 g/mol. The van der Waals surface area contributed by atoms with E-state index in [0.717, 1.165) is 28.1 Å². The van der Waals surface area contributed by atoms with Gasteiger partial charge in [0.15, 0.2) is 0 Å². The Hall–Kier alpha value is -1.91. The molecule has 0 fully saturated rings. The van der Waals surface area contributed by atoms with Crippen LogP contribution in [-0.4, -0.2) is 12.1 Å². The second-order valence-corrected chi connectivity index (χ2v) is 4.64. The predicted octanol–water partition coefficient (Wildman–Crippen LogP) is 2.93. The van der Waals surface area contributed by atoms with Crippen molar-refractivity contribution in [1.29, 1.82) is 0 Å². The van der Waals surface area contributed by atoms with Gasteiger partial charge in [-0.3, -0.25) is 9.82 Å². The fourth-order valence-corrected chi connectivity index (χ4v) is 2.08. The minimum absolute atomic E-state index is 0.531. The normalized spacial score (nSPS) is 10.6. The lowest BCUT2D eigenvalue weighted by molar-refractivity contribution is 0.0227. The number of methoxy groups -OCH3 is 1. The minimum atomic E-state index is 0.531. The van der Waals surface area contributed by atoms with Crippen molar-refractivity contribution in [3.05, 3.63) is 58.9 Å². The molecular formula is C16H20N2O2. The van der Waals surface area contributed by atoms with Gasteiger partial charge in [0.05, 0.1) is 26.0 Å². The van der Waals surface area contributed by atoms with Gasteiger partial charge in [0.25, 0.3) is 0 Å². The minimum Gasteiger partial charge on any atom is -0.496 e. The predicted molar refractivity (Wildman–Crippen MR) is 78.3 cm³/mol. The number of nitrogens with zero attached hydrogens (tertiary/aromatic N) is 1. The topological polar surface area (TPSA) is 43.4 Å². The first-order chi connectivity index (χ1) is 9.72. The molecule has 1 heterocycles. The van der Waals surface area contributed by atoms with E-state index >= 15 is 0 Å². The standard InChI is InChI=1S/C16H20N2O2/c1-12-9-17-15(13(2)16(12)19-3)10-18-20-11-14-7-5-4-6-8-14/h4-9,18H,10-11H2,1-3H3. The fourth-order valence-electron chi connectivity index (χ4n) is 2.08. The van der Waals surface area contributed by atoms with Crippen LogP contribution < -0.4 is 10.2 Å². The number of benzene rings is 1. The van der Waals surface area contributed by atoms with Gasteiger partial charge in [0.2, 0.25) is 0 Å². The number of ether oxygens (including phenoxy) is 1. The zero-order chi connectivity index (χ0) is 14.4. The summed E-state index contributed by atoms with van der Waals surface area (Å²) in [5, 5.41) is 0. The maximum atomic E-state index is 5.45. The van der Waals surface area contributed by atoms with Crippen LogP contribution in [0.1, 0.15) is 22.4 Å². The molecule has 4 heteroatoms. The van der Waals surface area contributed by atoms with Gasteiger partial charge in [0, 0.05) is 17.3 Å². The van der Waals surface area contributed by atoms with Crippen molar-refractivity contribution < 1.29 is 9.57 Å². The molecule has 0 spiro atoms. The van der Waals surface area contributed by atoms with E-state index in [4.69, 9.17) is 9.57 Å². The molecule has 1 aromatic carbocycles. The summed E-state index contributed by atoms with van der Waals surface area (Å²) >= 11 is 0. The van der Waals surface area contributed by atoms with Crippen molar-refractivity contribution >= 4 is 0 Å². The van der Waals surface area contributed by atoms with Crippen molar-refractivity contribution in [1.82, 2.24) is 10.5 Å². The van der Waals surface area contributed by atoms with Gasteiger partial charge in [-0.05, 0) is 19.4 Å². The van der Waals surface area contributed by atoms with E-state index in [1.165, 1.54) is 0 Å². The zero-order valence-electron chi connectivity index (χ0n) is 12.1. The highest BCUT2D eigenvalue weighted by atomic mass is 16.6. The number of hydroxylamine groups is 1. The van der Waals surface area contributed by atoms with Crippen LogP contribution in [-0.2, 0) is 18.0 Å². The number of aromatic nitrogens is 1. The highest BCUT2D eigenvalue weighted by Gasteiger charge is 2.08. The maximum Gasteiger partial charge on any atom is 0.128 e. The van der Waals surface area contributed by atoms with E-state index < -0.39 is 0 Å².